The quantitative estimate of drug-likeness (QED) is 0.648. The highest BCUT2D eigenvalue weighted by molar-refractivity contribution is 5.83. The van der Waals surface area contributed by atoms with Crippen LogP contribution in [0.2, 0.25) is 0 Å². The first-order valence-corrected chi connectivity index (χ1v) is 6.94. The van der Waals surface area contributed by atoms with Gasteiger partial charge in [0.05, 0.1) is 12.6 Å². The van der Waals surface area contributed by atoms with E-state index in [0.29, 0.717) is 12.5 Å². The van der Waals surface area contributed by atoms with E-state index in [4.69, 9.17) is 0 Å². The Balaban J connectivity index is 3.86. The highest BCUT2D eigenvalue weighted by Gasteiger charge is 2.19. The molecule has 0 saturated carbocycles. The third-order valence-corrected chi connectivity index (χ3v) is 2.50. The van der Waals surface area contributed by atoms with Gasteiger partial charge in [0.15, 0.2) is 0 Å². The van der Waals surface area contributed by atoms with Crippen LogP contribution in [0.25, 0.3) is 0 Å². The first-order chi connectivity index (χ1) is 8.61. The average Bonchev–Trinajstić information content (AvgIpc) is 2.22. The molecule has 5 heteroatoms. The Morgan fingerprint density at radius 3 is 2.16 bits per heavy atom. The van der Waals surface area contributed by atoms with Gasteiger partial charge < -0.3 is 10.6 Å². The zero-order valence-corrected chi connectivity index (χ0v) is 13.1. The second-order valence-corrected chi connectivity index (χ2v) is 6.37. The molecule has 0 aliphatic heterocycles. The maximum atomic E-state index is 11.8. The number of amides is 2. The van der Waals surface area contributed by atoms with Crippen molar-refractivity contribution in [2.24, 2.45) is 5.92 Å². The van der Waals surface area contributed by atoms with E-state index in [-0.39, 0.29) is 29.9 Å². The fourth-order valence-electron chi connectivity index (χ4n) is 1.38. The summed E-state index contributed by atoms with van der Waals surface area (Å²) in [5.74, 6) is 0.406. The van der Waals surface area contributed by atoms with Gasteiger partial charge in [-0.25, -0.2) is 0 Å². The second-order valence-electron chi connectivity index (χ2n) is 6.37. The lowest BCUT2D eigenvalue weighted by Gasteiger charge is -2.23. The lowest BCUT2D eigenvalue weighted by atomic mass is 10.1. The van der Waals surface area contributed by atoms with Gasteiger partial charge in [-0.2, -0.15) is 0 Å². The Morgan fingerprint density at radius 2 is 1.68 bits per heavy atom. The van der Waals surface area contributed by atoms with Crippen molar-refractivity contribution < 1.29 is 9.59 Å². The van der Waals surface area contributed by atoms with Crippen LogP contribution < -0.4 is 16.0 Å². The molecule has 1 unspecified atom stereocenters. The van der Waals surface area contributed by atoms with Crippen LogP contribution in [0.1, 0.15) is 48.0 Å². The Kier molecular flexibility index (Phi) is 7.68. The summed E-state index contributed by atoms with van der Waals surface area (Å²) in [5, 5.41) is 8.61. The summed E-state index contributed by atoms with van der Waals surface area (Å²) in [7, 11) is 0. The summed E-state index contributed by atoms with van der Waals surface area (Å²) >= 11 is 0. The van der Waals surface area contributed by atoms with Crippen LogP contribution in [-0.2, 0) is 9.59 Å². The van der Waals surface area contributed by atoms with Crippen molar-refractivity contribution in [1.29, 1.82) is 0 Å². The SMILES string of the molecule is CC(C)CCNC(=O)CNC(C)C(=O)NC(C)(C)C. The topological polar surface area (TPSA) is 70.2 Å². The maximum absolute atomic E-state index is 11.8. The molecule has 0 heterocycles. The normalized spacial score (nSPS) is 13.2. The smallest absolute Gasteiger partial charge is 0.237 e. The molecule has 112 valence electrons. The molecule has 0 aromatic carbocycles. The van der Waals surface area contributed by atoms with Crippen LogP contribution in [0.5, 0.6) is 0 Å². The number of carbonyl (C=O) groups is 2. The minimum Gasteiger partial charge on any atom is -0.355 e. The van der Waals surface area contributed by atoms with Crippen molar-refractivity contribution >= 4 is 11.8 Å². The number of nitrogens with one attached hydrogen (secondary N) is 3. The highest BCUT2D eigenvalue weighted by Crippen LogP contribution is 1.99. The van der Waals surface area contributed by atoms with Gasteiger partial charge in [0.2, 0.25) is 11.8 Å². The van der Waals surface area contributed by atoms with Crippen LogP contribution in [-0.4, -0.2) is 36.5 Å². The summed E-state index contributed by atoms with van der Waals surface area (Å²) in [4.78, 5) is 23.3. The Bertz CT molecular complexity index is 296. The molecule has 2 amide bonds. The van der Waals surface area contributed by atoms with Gasteiger partial charge >= 0.3 is 0 Å². The largest absolute Gasteiger partial charge is 0.355 e. The molecular weight excluding hydrogens is 242 g/mol. The van der Waals surface area contributed by atoms with Gasteiger partial charge in [0, 0.05) is 12.1 Å². The van der Waals surface area contributed by atoms with E-state index in [1.165, 1.54) is 0 Å². The third kappa shape index (κ3) is 10.5. The number of hydrogen-bond acceptors (Lipinski definition) is 3. The van der Waals surface area contributed by atoms with E-state index >= 15 is 0 Å². The van der Waals surface area contributed by atoms with E-state index < -0.39 is 0 Å². The molecule has 5 nitrogen and oxygen atoms in total. The number of rotatable bonds is 7. The van der Waals surface area contributed by atoms with E-state index in [9.17, 15) is 9.59 Å². The summed E-state index contributed by atoms with van der Waals surface area (Å²) in [6.45, 7) is 12.6. The van der Waals surface area contributed by atoms with E-state index in [0.717, 1.165) is 6.42 Å². The molecule has 0 rings (SSSR count). The van der Waals surface area contributed by atoms with E-state index in [1.807, 2.05) is 20.8 Å². The standard InChI is InChI=1S/C14H29N3O2/c1-10(2)7-8-15-12(18)9-16-11(3)13(19)17-14(4,5)6/h10-11,16H,7-9H2,1-6H3,(H,15,18)(H,17,19). The van der Waals surface area contributed by atoms with Crippen molar-refractivity contribution in [1.82, 2.24) is 16.0 Å². The molecule has 0 aliphatic rings. The van der Waals surface area contributed by atoms with Crippen LogP contribution >= 0.6 is 0 Å². The summed E-state index contributed by atoms with van der Waals surface area (Å²) < 4.78 is 0. The lowest BCUT2D eigenvalue weighted by Crippen LogP contribution is -2.51. The molecule has 0 aliphatic carbocycles. The van der Waals surface area contributed by atoms with Gasteiger partial charge in [-0.15, -0.1) is 0 Å². The van der Waals surface area contributed by atoms with Crippen molar-refractivity contribution in [3.05, 3.63) is 0 Å². The van der Waals surface area contributed by atoms with E-state index in [2.05, 4.69) is 29.8 Å². The fraction of sp³-hybridized carbons (Fsp3) is 0.857. The van der Waals surface area contributed by atoms with Gasteiger partial charge in [0.1, 0.15) is 0 Å². The van der Waals surface area contributed by atoms with Crippen molar-refractivity contribution in [3.8, 4) is 0 Å². The molecule has 0 radical (unpaired) electrons. The number of hydrogen-bond donors (Lipinski definition) is 3. The van der Waals surface area contributed by atoms with Gasteiger partial charge in [-0.3, -0.25) is 14.9 Å². The van der Waals surface area contributed by atoms with Crippen LogP contribution in [0, 0.1) is 5.92 Å². The van der Waals surface area contributed by atoms with Crippen LogP contribution in [0.15, 0.2) is 0 Å². The second kappa shape index (κ2) is 8.15. The zero-order chi connectivity index (χ0) is 15.1. The van der Waals surface area contributed by atoms with E-state index in [1.54, 1.807) is 6.92 Å². The zero-order valence-electron chi connectivity index (χ0n) is 13.1. The Labute approximate surface area is 116 Å². The first-order valence-electron chi connectivity index (χ1n) is 6.94. The van der Waals surface area contributed by atoms with Gasteiger partial charge in [-0.1, -0.05) is 13.8 Å². The summed E-state index contributed by atoms with van der Waals surface area (Å²) in [5.41, 5.74) is -0.257. The molecule has 19 heavy (non-hydrogen) atoms. The van der Waals surface area contributed by atoms with Crippen LogP contribution in [0.4, 0.5) is 0 Å². The minimum absolute atomic E-state index is 0.0731. The van der Waals surface area contributed by atoms with Crippen molar-refractivity contribution in [2.45, 2.75) is 59.5 Å². The first kappa shape index (κ1) is 17.9. The molecule has 0 bridgehead atoms. The average molecular weight is 271 g/mol. The highest BCUT2D eigenvalue weighted by atomic mass is 16.2. The predicted octanol–water partition coefficient (Wildman–Crippen LogP) is 1.04. The van der Waals surface area contributed by atoms with Gasteiger partial charge in [0.25, 0.3) is 0 Å². The summed E-state index contributed by atoms with van der Waals surface area (Å²) in [6.07, 6.45) is 0.964. The fourth-order valence-corrected chi connectivity index (χ4v) is 1.38. The van der Waals surface area contributed by atoms with Crippen LogP contribution in [0.3, 0.4) is 0 Å². The molecule has 1 atom stereocenters. The third-order valence-electron chi connectivity index (χ3n) is 2.50. The monoisotopic (exact) mass is 271 g/mol. The lowest BCUT2D eigenvalue weighted by molar-refractivity contribution is -0.124. The van der Waals surface area contributed by atoms with Crippen molar-refractivity contribution in [2.75, 3.05) is 13.1 Å². The Hall–Kier alpha value is -1.10. The molecule has 0 aromatic rings. The molecule has 0 saturated heterocycles. The molecule has 3 N–H and O–H groups in total. The maximum Gasteiger partial charge on any atom is 0.237 e. The predicted molar refractivity (Wildman–Crippen MR) is 77.8 cm³/mol. The molecule has 0 fully saturated rings. The number of carbonyl (C=O) groups excluding carboxylic acids is 2. The Morgan fingerprint density at radius 1 is 1.11 bits per heavy atom. The molecule has 0 spiro atoms. The van der Waals surface area contributed by atoms with Gasteiger partial charge in [-0.05, 0) is 40.0 Å². The molecule has 0 aromatic heterocycles. The van der Waals surface area contributed by atoms with Crippen molar-refractivity contribution in [3.63, 3.8) is 0 Å². The summed E-state index contributed by atoms with van der Waals surface area (Å²) in [6, 6.07) is -0.380. The molecular formula is C14H29N3O2. The minimum atomic E-state index is -0.380.